The Hall–Kier alpha value is -3.56. The number of carbonyl (C=O) groups excluding carboxylic acids is 1. The summed E-state index contributed by atoms with van der Waals surface area (Å²) in [5.41, 5.74) is 2.18. The molecule has 0 atom stereocenters. The fraction of sp³-hybridized carbons (Fsp3) is 0.250. The van der Waals surface area contributed by atoms with E-state index in [2.05, 4.69) is 20.2 Å². The van der Waals surface area contributed by atoms with Crippen molar-refractivity contribution in [3.8, 4) is 17.1 Å². The van der Waals surface area contributed by atoms with Crippen LogP contribution in [0.25, 0.3) is 11.4 Å². The van der Waals surface area contributed by atoms with Crippen molar-refractivity contribution < 1.29 is 27.2 Å². The number of benzene rings is 2. The third-order valence-electron chi connectivity index (χ3n) is 4.05. The van der Waals surface area contributed by atoms with Crippen LogP contribution < -0.4 is 15.0 Å². The molecule has 0 aliphatic rings. The lowest BCUT2D eigenvalue weighted by Crippen LogP contribution is -2.17. The second kappa shape index (κ2) is 8.85. The van der Waals surface area contributed by atoms with E-state index in [0.29, 0.717) is 17.4 Å². The van der Waals surface area contributed by atoms with E-state index in [0.717, 1.165) is 23.4 Å². The van der Waals surface area contributed by atoms with E-state index >= 15 is 0 Å². The molecule has 0 aliphatic carbocycles. The number of rotatable bonds is 7. The van der Waals surface area contributed by atoms with Gasteiger partial charge >= 0.3 is 6.36 Å². The Kier molecular flexibility index (Phi) is 6.24. The Morgan fingerprint density at radius 2 is 1.77 bits per heavy atom. The number of carbonyl (C=O) groups is 1. The number of amides is 1. The molecule has 7 nitrogen and oxygen atoms in total. The van der Waals surface area contributed by atoms with E-state index in [1.165, 1.54) is 12.1 Å². The van der Waals surface area contributed by atoms with Crippen LogP contribution in [-0.4, -0.2) is 36.5 Å². The smallest absolute Gasteiger partial charge is 0.406 e. The predicted molar refractivity (Wildman–Crippen MR) is 104 cm³/mol. The maximum atomic E-state index is 12.2. The highest BCUT2D eigenvalue weighted by Crippen LogP contribution is 2.24. The van der Waals surface area contributed by atoms with Crippen molar-refractivity contribution >= 4 is 17.3 Å². The van der Waals surface area contributed by atoms with E-state index in [1.807, 2.05) is 43.3 Å². The Bertz CT molecular complexity index is 984. The van der Waals surface area contributed by atoms with Crippen LogP contribution in [0.4, 0.5) is 24.5 Å². The number of nitrogens with zero attached hydrogens (tertiary/aromatic N) is 3. The number of hydrogen-bond acceptors (Lipinski definition) is 6. The molecule has 1 amide bonds. The third kappa shape index (κ3) is 5.97. The van der Waals surface area contributed by atoms with Crippen molar-refractivity contribution in [3.63, 3.8) is 0 Å². The number of hydrogen-bond donors (Lipinski definition) is 1. The van der Waals surface area contributed by atoms with Gasteiger partial charge in [-0.15, -0.1) is 13.2 Å². The van der Waals surface area contributed by atoms with Crippen molar-refractivity contribution in [2.24, 2.45) is 0 Å². The predicted octanol–water partition coefficient (Wildman–Crippen LogP) is 4.27. The zero-order chi connectivity index (χ0) is 21.7. The molecule has 30 heavy (non-hydrogen) atoms. The molecule has 3 rings (SSSR count). The maximum absolute atomic E-state index is 12.2. The minimum Gasteiger partial charge on any atom is -0.406 e. The zero-order valence-electron chi connectivity index (χ0n) is 16.2. The molecule has 2 aromatic carbocycles. The number of ether oxygens (including phenoxy) is 1. The summed E-state index contributed by atoms with van der Waals surface area (Å²) >= 11 is 0. The van der Waals surface area contributed by atoms with Crippen molar-refractivity contribution in [3.05, 3.63) is 54.4 Å². The first-order valence-electron chi connectivity index (χ1n) is 8.95. The van der Waals surface area contributed by atoms with Gasteiger partial charge in [-0.25, -0.2) is 0 Å². The summed E-state index contributed by atoms with van der Waals surface area (Å²) in [5.74, 6) is 0.0359. The van der Waals surface area contributed by atoms with Gasteiger partial charge in [0.1, 0.15) is 5.75 Å². The monoisotopic (exact) mass is 420 g/mol. The van der Waals surface area contributed by atoms with Gasteiger partial charge in [-0.1, -0.05) is 5.16 Å². The molecule has 0 unspecified atom stereocenters. The van der Waals surface area contributed by atoms with Crippen LogP contribution in [0.2, 0.25) is 0 Å². The molecule has 0 saturated carbocycles. The normalized spacial score (nSPS) is 11.2. The summed E-state index contributed by atoms with van der Waals surface area (Å²) in [6.45, 7) is 0. The van der Waals surface area contributed by atoms with Gasteiger partial charge in [-0.2, -0.15) is 4.98 Å². The van der Waals surface area contributed by atoms with Gasteiger partial charge in [0.05, 0.1) is 0 Å². The van der Waals surface area contributed by atoms with E-state index in [-0.39, 0.29) is 24.5 Å². The molecule has 0 fully saturated rings. The lowest BCUT2D eigenvalue weighted by atomic mass is 10.2. The largest absolute Gasteiger partial charge is 0.573 e. The van der Waals surface area contributed by atoms with Gasteiger partial charge in [-0.3, -0.25) is 4.79 Å². The minimum absolute atomic E-state index is 0.0714. The summed E-state index contributed by atoms with van der Waals surface area (Å²) in [6.07, 6.45) is -4.46. The summed E-state index contributed by atoms with van der Waals surface area (Å²) < 4.78 is 45.4. The van der Waals surface area contributed by atoms with Crippen LogP contribution in [0, 0.1) is 0 Å². The van der Waals surface area contributed by atoms with Gasteiger partial charge in [0.15, 0.2) is 0 Å². The molecule has 0 radical (unpaired) electrons. The SMILES string of the molecule is CN(C)c1ccc(-c2noc(CCC(=O)Nc3ccc(OC(F)(F)F)cc3)n2)cc1. The molecular weight excluding hydrogens is 401 g/mol. The van der Waals surface area contributed by atoms with E-state index < -0.39 is 6.36 Å². The van der Waals surface area contributed by atoms with Crippen LogP contribution in [0.5, 0.6) is 5.75 Å². The zero-order valence-corrected chi connectivity index (χ0v) is 16.2. The number of aryl methyl sites for hydroxylation is 1. The van der Waals surface area contributed by atoms with Gasteiger partial charge in [0, 0.05) is 43.9 Å². The quantitative estimate of drug-likeness (QED) is 0.615. The van der Waals surface area contributed by atoms with Crippen LogP contribution in [0.1, 0.15) is 12.3 Å². The first-order valence-corrected chi connectivity index (χ1v) is 8.95. The van der Waals surface area contributed by atoms with E-state index in [9.17, 15) is 18.0 Å². The van der Waals surface area contributed by atoms with E-state index in [4.69, 9.17) is 4.52 Å². The molecule has 3 aromatic rings. The van der Waals surface area contributed by atoms with Crippen molar-refractivity contribution in [2.75, 3.05) is 24.3 Å². The molecule has 0 aliphatic heterocycles. The third-order valence-corrected chi connectivity index (χ3v) is 4.05. The minimum atomic E-state index is -4.76. The Balaban J connectivity index is 1.51. The Labute approximate surface area is 170 Å². The fourth-order valence-electron chi connectivity index (χ4n) is 2.57. The molecule has 0 saturated heterocycles. The molecule has 0 spiro atoms. The summed E-state index contributed by atoms with van der Waals surface area (Å²) in [5, 5.41) is 6.51. The Morgan fingerprint density at radius 1 is 1.10 bits per heavy atom. The maximum Gasteiger partial charge on any atom is 0.573 e. The average Bonchev–Trinajstić information content (AvgIpc) is 3.16. The lowest BCUT2D eigenvalue weighted by Gasteiger charge is -2.11. The highest BCUT2D eigenvalue weighted by Gasteiger charge is 2.30. The first kappa shape index (κ1) is 21.2. The first-order chi connectivity index (χ1) is 14.2. The number of nitrogens with one attached hydrogen (secondary N) is 1. The summed E-state index contributed by atoms with van der Waals surface area (Å²) in [7, 11) is 3.88. The van der Waals surface area contributed by atoms with E-state index in [1.54, 1.807) is 0 Å². The van der Waals surface area contributed by atoms with Crippen LogP contribution in [0.3, 0.4) is 0 Å². The molecule has 1 heterocycles. The molecule has 158 valence electrons. The highest BCUT2D eigenvalue weighted by molar-refractivity contribution is 5.90. The molecule has 1 aromatic heterocycles. The van der Waals surface area contributed by atoms with Gasteiger partial charge in [0.25, 0.3) is 0 Å². The second-order valence-electron chi connectivity index (χ2n) is 6.57. The Morgan fingerprint density at radius 3 is 2.37 bits per heavy atom. The number of alkyl halides is 3. The van der Waals surface area contributed by atoms with Gasteiger partial charge in [-0.05, 0) is 48.5 Å². The molecular formula is C20H19F3N4O3. The van der Waals surface area contributed by atoms with Crippen molar-refractivity contribution in [1.82, 2.24) is 10.1 Å². The topological polar surface area (TPSA) is 80.5 Å². The highest BCUT2D eigenvalue weighted by atomic mass is 19.4. The van der Waals surface area contributed by atoms with Crippen LogP contribution in [-0.2, 0) is 11.2 Å². The lowest BCUT2D eigenvalue weighted by molar-refractivity contribution is -0.274. The van der Waals surface area contributed by atoms with Crippen LogP contribution >= 0.6 is 0 Å². The molecule has 10 heteroatoms. The van der Waals surface area contributed by atoms with Crippen LogP contribution in [0.15, 0.2) is 53.1 Å². The standard InChI is InChI=1S/C20H19F3N4O3/c1-27(2)15-7-3-13(4-8-15)19-25-18(30-26-19)12-11-17(28)24-14-5-9-16(10-6-14)29-20(21,22)23/h3-10H,11-12H2,1-2H3,(H,24,28). The average molecular weight is 420 g/mol. The number of aromatic nitrogens is 2. The fourth-order valence-corrected chi connectivity index (χ4v) is 2.57. The molecule has 0 bridgehead atoms. The molecule has 1 N–H and O–H groups in total. The van der Waals surface area contributed by atoms with Crippen molar-refractivity contribution in [1.29, 1.82) is 0 Å². The van der Waals surface area contributed by atoms with Crippen molar-refractivity contribution in [2.45, 2.75) is 19.2 Å². The summed E-state index contributed by atoms with van der Waals surface area (Å²) in [6, 6.07) is 12.5. The summed E-state index contributed by atoms with van der Waals surface area (Å²) in [4.78, 5) is 18.3. The van der Waals surface area contributed by atoms with Gasteiger partial charge in [0.2, 0.25) is 17.6 Å². The van der Waals surface area contributed by atoms with Gasteiger partial charge < -0.3 is 19.5 Å². The number of anilines is 2. The number of halogens is 3. The second-order valence-corrected chi connectivity index (χ2v) is 6.57.